The van der Waals surface area contributed by atoms with E-state index in [1.807, 2.05) is 0 Å². The van der Waals surface area contributed by atoms with Gasteiger partial charge in [0.05, 0.1) is 25.8 Å². The second-order valence-corrected chi connectivity index (χ2v) is 6.07. The van der Waals surface area contributed by atoms with Gasteiger partial charge in [0.25, 0.3) is 5.91 Å². The summed E-state index contributed by atoms with van der Waals surface area (Å²) < 4.78 is 5.09. The van der Waals surface area contributed by atoms with Crippen molar-refractivity contribution in [3.05, 3.63) is 59.5 Å². The lowest BCUT2D eigenvalue weighted by Crippen LogP contribution is -2.44. The van der Waals surface area contributed by atoms with E-state index < -0.39 is 11.8 Å². The number of rotatable bonds is 7. The van der Waals surface area contributed by atoms with Crippen LogP contribution in [0.5, 0.6) is 0 Å². The number of amides is 4. The number of furan rings is 1. The van der Waals surface area contributed by atoms with Crippen molar-refractivity contribution >= 4 is 23.6 Å². The molecule has 0 radical (unpaired) electrons. The molecule has 0 fully saturated rings. The van der Waals surface area contributed by atoms with Gasteiger partial charge < -0.3 is 15.1 Å². The van der Waals surface area contributed by atoms with Crippen molar-refractivity contribution in [3.63, 3.8) is 0 Å². The fraction of sp³-hybridized carbons (Fsp3) is 0.263. The summed E-state index contributed by atoms with van der Waals surface area (Å²) in [4.78, 5) is 49.3. The quantitative estimate of drug-likeness (QED) is 0.696. The minimum atomic E-state index is -0.414. The minimum Gasteiger partial charge on any atom is -0.467 e. The van der Waals surface area contributed by atoms with Crippen LogP contribution in [0.3, 0.4) is 0 Å². The fourth-order valence-corrected chi connectivity index (χ4v) is 2.77. The number of nitrogens with one attached hydrogen (secondary N) is 2. The van der Waals surface area contributed by atoms with Crippen LogP contribution in [0.2, 0.25) is 0 Å². The third-order valence-electron chi connectivity index (χ3n) is 4.18. The Morgan fingerprint density at radius 1 is 1.04 bits per heavy atom. The molecule has 1 aliphatic rings. The molecule has 0 aliphatic carbocycles. The Bertz CT molecular complexity index is 860. The van der Waals surface area contributed by atoms with E-state index in [-0.39, 0.29) is 44.3 Å². The highest BCUT2D eigenvalue weighted by atomic mass is 16.3. The third kappa shape index (κ3) is 4.60. The molecular formula is C19H19N3O5. The maximum Gasteiger partial charge on any atom is 0.260 e. The zero-order chi connectivity index (χ0) is 19.2. The van der Waals surface area contributed by atoms with Gasteiger partial charge in [-0.25, -0.2) is 0 Å². The van der Waals surface area contributed by atoms with Gasteiger partial charge in [0.15, 0.2) is 0 Å². The van der Waals surface area contributed by atoms with Crippen molar-refractivity contribution in [2.45, 2.75) is 19.4 Å². The third-order valence-corrected chi connectivity index (χ3v) is 4.18. The molecule has 2 aromatic rings. The zero-order valence-corrected chi connectivity index (χ0v) is 14.6. The lowest BCUT2D eigenvalue weighted by Gasteiger charge is -2.26. The molecule has 1 aromatic heterocycles. The van der Waals surface area contributed by atoms with Crippen molar-refractivity contribution in [2.24, 2.45) is 0 Å². The van der Waals surface area contributed by atoms with Crippen molar-refractivity contribution in [3.8, 4) is 0 Å². The molecular weight excluding hydrogens is 350 g/mol. The van der Waals surface area contributed by atoms with Crippen LogP contribution in [-0.4, -0.2) is 41.6 Å². The van der Waals surface area contributed by atoms with Gasteiger partial charge in [-0.3, -0.25) is 24.1 Å². The highest BCUT2D eigenvalue weighted by Crippen LogP contribution is 2.19. The molecule has 2 heterocycles. The summed E-state index contributed by atoms with van der Waals surface area (Å²) in [5, 5.41) is 5.08. The van der Waals surface area contributed by atoms with Gasteiger partial charge in [0.2, 0.25) is 17.7 Å². The zero-order valence-electron chi connectivity index (χ0n) is 14.6. The van der Waals surface area contributed by atoms with Gasteiger partial charge in [-0.1, -0.05) is 18.2 Å². The molecule has 1 aliphatic heterocycles. The number of fused-ring (bicyclic) bond motifs is 1. The lowest BCUT2D eigenvalue weighted by molar-refractivity contribution is -0.130. The topological polar surface area (TPSA) is 109 Å². The summed E-state index contributed by atoms with van der Waals surface area (Å²) >= 11 is 0. The highest BCUT2D eigenvalue weighted by molar-refractivity contribution is 6.09. The number of carbonyl (C=O) groups excluding carboxylic acids is 4. The van der Waals surface area contributed by atoms with E-state index in [0.29, 0.717) is 16.9 Å². The number of imide groups is 1. The Morgan fingerprint density at radius 3 is 2.63 bits per heavy atom. The molecule has 0 bridgehead atoms. The molecule has 8 heteroatoms. The van der Waals surface area contributed by atoms with E-state index in [0.717, 1.165) is 4.90 Å². The number of carbonyl (C=O) groups is 4. The van der Waals surface area contributed by atoms with E-state index in [9.17, 15) is 19.2 Å². The first-order valence-corrected chi connectivity index (χ1v) is 8.53. The average Bonchev–Trinajstić information content (AvgIpc) is 3.18. The number of hydrogen-bond acceptors (Lipinski definition) is 5. The molecule has 4 amide bonds. The first-order chi connectivity index (χ1) is 13.0. The normalized spacial score (nSPS) is 13.3. The standard InChI is InChI=1S/C19H19N3O5/c23-16(21-12-17(24)20-11-14-5-3-9-27-14)7-8-22-18(25)10-13-4-1-2-6-15(13)19(22)26/h1-6,9H,7-8,10-12H2,(H,20,24)(H,21,23). The Morgan fingerprint density at radius 2 is 1.85 bits per heavy atom. The second kappa shape index (κ2) is 8.31. The van der Waals surface area contributed by atoms with Crippen molar-refractivity contribution in [1.29, 1.82) is 0 Å². The molecule has 0 spiro atoms. The molecule has 0 unspecified atom stereocenters. The van der Waals surface area contributed by atoms with Gasteiger partial charge >= 0.3 is 0 Å². The Kier molecular flexibility index (Phi) is 5.65. The van der Waals surface area contributed by atoms with Crippen LogP contribution in [-0.2, 0) is 27.3 Å². The maximum atomic E-state index is 12.4. The molecule has 27 heavy (non-hydrogen) atoms. The summed E-state index contributed by atoms with van der Waals surface area (Å²) in [6.07, 6.45) is 1.58. The fourth-order valence-electron chi connectivity index (χ4n) is 2.77. The molecule has 3 rings (SSSR count). The van der Waals surface area contributed by atoms with Gasteiger partial charge in [-0.05, 0) is 23.8 Å². The minimum absolute atomic E-state index is 0.0220. The summed E-state index contributed by atoms with van der Waals surface area (Å²) in [7, 11) is 0. The number of hydrogen-bond donors (Lipinski definition) is 2. The van der Waals surface area contributed by atoms with E-state index in [2.05, 4.69) is 10.6 Å². The van der Waals surface area contributed by atoms with Crippen LogP contribution in [0.25, 0.3) is 0 Å². The van der Waals surface area contributed by atoms with Crippen LogP contribution in [0, 0.1) is 0 Å². The van der Waals surface area contributed by atoms with Crippen LogP contribution in [0.1, 0.15) is 28.1 Å². The van der Waals surface area contributed by atoms with Crippen LogP contribution in [0.15, 0.2) is 47.1 Å². The Hall–Kier alpha value is -3.42. The molecule has 2 N–H and O–H groups in total. The summed E-state index contributed by atoms with van der Waals surface area (Å²) in [6.45, 7) is 0.0218. The molecule has 0 atom stereocenters. The molecule has 140 valence electrons. The van der Waals surface area contributed by atoms with E-state index in [1.54, 1.807) is 36.4 Å². The lowest BCUT2D eigenvalue weighted by atomic mass is 9.98. The summed E-state index contributed by atoms with van der Waals surface area (Å²) in [5.41, 5.74) is 1.18. The Labute approximate surface area is 155 Å². The molecule has 8 nitrogen and oxygen atoms in total. The molecule has 1 aromatic carbocycles. The van der Waals surface area contributed by atoms with E-state index in [1.165, 1.54) is 6.26 Å². The van der Waals surface area contributed by atoms with Gasteiger partial charge in [0.1, 0.15) is 5.76 Å². The smallest absolute Gasteiger partial charge is 0.260 e. The van der Waals surface area contributed by atoms with E-state index >= 15 is 0 Å². The Balaban J connectivity index is 1.43. The summed E-state index contributed by atoms with van der Waals surface area (Å²) in [5.74, 6) is -0.896. The predicted octanol–water partition coefficient (Wildman–Crippen LogP) is 0.627. The molecule has 0 saturated carbocycles. The van der Waals surface area contributed by atoms with Crippen LogP contribution in [0.4, 0.5) is 0 Å². The average molecular weight is 369 g/mol. The van der Waals surface area contributed by atoms with E-state index in [4.69, 9.17) is 4.42 Å². The number of benzene rings is 1. The van der Waals surface area contributed by atoms with Crippen LogP contribution >= 0.6 is 0 Å². The first kappa shape index (κ1) is 18.4. The van der Waals surface area contributed by atoms with Crippen molar-refractivity contribution in [2.75, 3.05) is 13.1 Å². The van der Waals surface area contributed by atoms with Crippen LogP contribution < -0.4 is 10.6 Å². The van der Waals surface area contributed by atoms with Crippen molar-refractivity contribution < 1.29 is 23.6 Å². The maximum absolute atomic E-state index is 12.4. The first-order valence-electron chi connectivity index (χ1n) is 8.53. The predicted molar refractivity (Wildman–Crippen MR) is 94.4 cm³/mol. The highest BCUT2D eigenvalue weighted by Gasteiger charge is 2.30. The largest absolute Gasteiger partial charge is 0.467 e. The van der Waals surface area contributed by atoms with Gasteiger partial charge in [-0.15, -0.1) is 0 Å². The summed E-state index contributed by atoms with van der Waals surface area (Å²) in [6, 6.07) is 10.4. The van der Waals surface area contributed by atoms with Crippen molar-refractivity contribution in [1.82, 2.24) is 15.5 Å². The monoisotopic (exact) mass is 369 g/mol. The van der Waals surface area contributed by atoms with Gasteiger partial charge in [0, 0.05) is 18.5 Å². The molecule has 0 saturated heterocycles. The SMILES string of the molecule is O=C(CCN1C(=O)Cc2ccccc2C1=O)NCC(=O)NCc1ccco1. The second-order valence-electron chi connectivity index (χ2n) is 6.07. The van der Waals surface area contributed by atoms with Gasteiger partial charge in [-0.2, -0.15) is 0 Å². The number of nitrogens with zero attached hydrogens (tertiary/aromatic N) is 1.